The van der Waals surface area contributed by atoms with Crippen molar-refractivity contribution in [2.45, 2.75) is 20.3 Å². The van der Waals surface area contributed by atoms with Gasteiger partial charge in [-0.1, -0.05) is 13.8 Å². The minimum absolute atomic E-state index is 0.205. The Hall–Kier alpha value is -3.20. The number of hydrogen-bond donors (Lipinski definition) is 2. The number of nitrogens with zero attached hydrogens (tertiary/aromatic N) is 2. The third-order valence-corrected chi connectivity index (χ3v) is 3.53. The summed E-state index contributed by atoms with van der Waals surface area (Å²) >= 11 is 0. The van der Waals surface area contributed by atoms with Crippen molar-refractivity contribution < 1.29 is 9.59 Å². The highest BCUT2D eigenvalue weighted by Crippen LogP contribution is 2.11. The monoisotopic (exact) mass is 336 g/mol. The van der Waals surface area contributed by atoms with Crippen molar-refractivity contribution in [2.75, 3.05) is 11.9 Å². The summed E-state index contributed by atoms with van der Waals surface area (Å²) in [5, 5.41) is 14.3. The van der Waals surface area contributed by atoms with Gasteiger partial charge in [-0.15, -0.1) is 0 Å². The summed E-state index contributed by atoms with van der Waals surface area (Å²) in [6.45, 7) is 4.73. The highest BCUT2D eigenvalue weighted by molar-refractivity contribution is 6.05. The van der Waals surface area contributed by atoms with Gasteiger partial charge in [-0.25, -0.2) is 0 Å². The molecule has 0 spiro atoms. The second-order valence-electron chi connectivity index (χ2n) is 6.01. The Morgan fingerprint density at radius 1 is 1.16 bits per heavy atom. The molecule has 2 N–H and O–H groups in total. The van der Waals surface area contributed by atoms with Crippen LogP contribution in [0.4, 0.5) is 5.69 Å². The molecule has 0 bridgehead atoms. The van der Waals surface area contributed by atoms with Crippen LogP contribution in [0.25, 0.3) is 0 Å². The van der Waals surface area contributed by atoms with Gasteiger partial charge in [0.25, 0.3) is 11.8 Å². The molecule has 128 valence electrons. The first-order chi connectivity index (χ1) is 12.0. The van der Waals surface area contributed by atoms with Crippen LogP contribution in [0.5, 0.6) is 0 Å². The van der Waals surface area contributed by atoms with Gasteiger partial charge in [-0.3, -0.25) is 14.6 Å². The van der Waals surface area contributed by atoms with E-state index < -0.39 is 0 Å². The molecule has 6 nitrogen and oxygen atoms in total. The van der Waals surface area contributed by atoms with E-state index in [4.69, 9.17) is 5.26 Å². The van der Waals surface area contributed by atoms with Gasteiger partial charge < -0.3 is 10.6 Å². The third-order valence-electron chi connectivity index (χ3n) is 3.53. The lowest BCUT2D eigenvalue weighted by molar-refractivity contribution is 0.0947. The molecule has 0 atom stereocenters. The van der Waals surface area contributed by atoms with E-state index in [9.17, 15) is 9.59 Å². The fraction of sp³-hybridized carbons (Fsp3) is 0.263. The number of carbonyl (C=O) groups is 2. The Bertz CT molecular complexity index is 792. The zero-order chi connectivity index (χ0) is 18.2. The van der Waals surface area contributed by atoms with Gasteiger partial charge in [0.2, 0.25) is 0 Å². The lowest BCUT2D eigenvalue weighted by Crippen LogP contribution is -2.26. The smallest absolute Gasteiger partial charge is 0.269 e. The molecule has 1 aromatic carbocycles. The Balaban J connectivity index is 2.02. The molecule has 1 aromatic heterocycles. The molecule has 2 amide bonds. The fourth-order valence-electron chi connectivity index (χ4n) is 2.09. The molecule has 25 heavy (non-hydrogen) atoms. The second kappa shape index (κ2) is 8.60. The number of anilines is 1. The molecular formula is C19H20N4O2. The molecule has 0 saturated carbocycles. The number of amides is 2. The van der Waals surface area contributed by atoms with E-state index in [1.54, 1.807) is 30.3 Å². The molecule has 0 radical (unpaired) electrons. The SMILES string of the molecule is CC(C)CCNC(=O)c1cc(C(=O)Nc2ccc(C#N)cc2)ccn1. The standard InChI is InChI=1S/C19H20N4O2/c1-13(2)7-9-22-19(25)17-11-15(8-10-21-17)18(24)23-16-5-3-14(12-20)4-6-16/h3-6,8,10-11,13H,7,9H2,1-2H3,(H,22,25)(H,23,24). The Labute approximate surface area is 146 Å². The van der Waals surface area contributed by atoms with Gasteiger partial charge in [0.05, 0.1) is 11.6 Å². The molecule has 1 heterocycles. The average Bonchev–Trinajstić information content (AvgIpc) is 2.62. The third kappa shape index (κ3) is 5.43. The zero-order valence-corrected chi connectivity index (χ0v) is 14.2. The van der Waals surface area contributed by atoms with Crippen LogP contribution in [0.1, 0.15) is 46.7 Å². The zero-order valence-electron chi connectivity index (χ0n) is 14.2. The number of pyridine rings is 1. The number of carbonyl (C=O) groups excluding carboxylic acids is 2. The molecular weight excluding hydrogens is 316 g/mol. The van der Waals surface area contributed by atoms with Crippen molar-refractivity contribution in [3.05, 3.63) is 59.4 Å². The largest absolute Gasteiger partial charge is 0.351 e. The highest BCUT2D eigenvalue weighted by Gasteiger charge is 2.12. The Morgan fingerprint density at radius 2 is 1.88 bits per heavy atom. The van der Waals surface area contributed by atoms with Crippen molar-refractivity contribution in [3.63, 3.8) is 0 Å². The quantitative estimate of drug-likeness (QED) is 0.848. The number of rotatable bonds is 6. The summed E-state index contributed by atoms with van der Waals surface area (Å²) in [5.41, 5.74) is 1.63. The fourth-order valence-corrected chi connectivity index (χ4v) is 2.09. The Kier molecular flexibility index (Phi) is 6.24. The molecule has 0 saturated heterocycles. The molecule has 2 aromatic rings. The number of benzene rings is 1. The van der Waals surface area contributed by atoms with Crippen molar-refractivity contribution in [1.29, 1.82) is 5.26 Å². The molecule has 0 unspecified atom stereocenters. The first-order valence-corrected chi connectivity index (χ1v) is 8.05. The summed E-state index contributed by atoms with van der Waals surface area (Å²) in [7, 11) is 0. The molecule has 0 fully saturated rings. The average molecular weight is 336 g/mol. The maximum absolute atomic E-state index is 12.3. The highest BCUT2D eigenvalue weighted by atomic mass is 16.2. The minimum Gasteiger partial charge on any atom is -0.351 e. The van der Waals surface area contributed by atoms with Crippen LogP contribution < -0.4 is 10.6 Å². The van der Waals surface area contributed by atoms with E-state index in [1.165, 1.54) is 12.3 Å². The van der Waals surface area contributed by atoms with Crippen LogP contribution in [0.15, 0.2) is 42.6 Å². The van der Waals surface area contributed by atoms with Gasteiger partial charge >= 0.3 is 0 Å². The number of hydrogen-bond acceptors (Lipinski definition) is 4. The van der Waals surface area contributed by atoms with Crippen LogP contribution >= 0.6 is 0 Å². The van der Waals surface area contributed by atoms with Crippen molar-refractivity contribution in [2.24, 2.45) is 5.92 Å². The van der Waals surface area contributed by atoms with Crippen molar-refractivity contribution >= 4 is 17.5 Å². The van der Waals surface area contributed by atoms with Crippen LogP contribution in [0.3, 0.4) is 0 Å². The summed E-state index contributed by atoms with van der Waals surface area (Å²) in [4.78, 5) is 28.4. The van der Waals surface area contributed by atoms with Gasteiger partial charge in [-0.05, 0) is 48.7 Å². The summed E-state index contributed by atoms with van der Waals surface area (Å²) in [5.74, 6) is -0.144. The molecule has 0 aliphatic heterocycles. The molecule has 6 heteroatoms. The van der Waals surface area contributed by atoms with E-state index in [0.717, 1.165) is 6.42 Å². The van der Waals surface area contributed by atoms with E-state index >= 15 is 0 Å². The second-order valence-corrected chi connectivity index (χ2v) is 6.01. The number of nitriles is 1. The first-order valence-electron chi connectivity index (χ1n) is 8.05. The van der Waals surface area contributed by atoms with Crippen LogP contribution in [-0.4, -0.2) is 23.3 Å². The Morgan fingerprint density at radius 3 is 2.52 bits per heavy atom. The van der Waals surface area contributed by atoms with Crippen LogP contribution in [0, 0.1) is 17.2 Å². The summed E-state index contributed by atoms with van der Waals surface area (Å²) in [6.07, 6.45) is 2.32. The maximum atomic E-state index is 12.3. The predicted molar refractivity (Wildman–Crippen MR) is 95.1 cm³/mol. The minimum atomic E-state index is -0.344. The molecule has 0 aliphatic rings. The summed E-state index contributed by atoms with van der Waals surface area (Å²) < 4.78 is 0. The summed E-state index contributed by atoms with van der Waals surface area (Å²) in [6, 6.07) is 11.6. The number of aromatic nitrogens is 1. The topological polar surface area (TPSA) is 94.9 Å². The molecule has 0 aliphatic carbocycles. The van der Waals surface area contributed by atoms with E-state index in [2.05, 4.69) is 29.5 Å². The van der Waals surface area contributed by atoms with Gasteiger partial charge in [0, 0.05) is 24.0 Å². The van der Waals surface area contributed by atoms with Crippen molar-refractivity contribution in [3.8, 4) is 6.07 Å². The van der Waals surface area contributed by atoms with Gasteiger partial charge in [0.1, 0.15) is 5.69 Å². The van der Waals surface area contributed by atoms with E-state index in [0.29, 0.717) is 29.3 Å². The first kappa shape index (κ1) is 18.1. The van der Waals surface area contributed by atoms with Gasteiger partial charge in [-0.2, -0.15) is 5.26 Å². The van der Waals surface area contributed by atoms with Crippen LogP contribution in [-0.2, 0) is 0 Å². The predicted octanol–water partition coefficient (Wildman–Crippen LogP) is 2.98. The lowest BCUT2D eigenvalue weighted by Gasteiger charge is -2.08. The lowest BCUT2D eigenvalue weighted by atomic mass is 10.1. The van der Waals surface area contributed by atoms with E-state index in [-0.39, 0.29) is 17.5 Å². The maximum Gasteiger partial charge on any atom is 0.269 e. The van der Waals surface area contributed by atoms with Crippen LogP contribution in [0.2, 0.25) is 0 Å². The molecule has 2 rings (SSSR count). The number of nitrogens with one attached hydrogen (secondary N) is 2. The normalized spacial score (nSPS) is 10.2. The van der Waals surface area contributed by atoms with Gasteiger partial charge in [0.15, 0.2) is 0 Å². The van der Waals surface area contributed by atoms with E-state index in [1.807, 2.05) is 6.07 Å². The van der Waals surface area contributed by atoms with Crippen molar-refractivity contribution in [1.82, 2.24) is 10.3 Å².